The van der Waals surface area contributed by atoms with E-state index in [2.05, 4.69) is 10.2 Å². The molecule has 25 heavy (non-hydrogen) atoms. The SMILES string of the molecule is CCOc1ccccc1-c1cc(C(=O)N2CCOC3CCCC32)[nH]n1. The molecule has 1 saturated heterocycles. The molecule has 2 fully saturated rings. The average molecular weight is 341 g/mol. The summed E-state index contributed by atoms with van der Waals surface area (Å²) in [5.41, 5.74) is 2.14. The molecule has 0 spiro atoms. The number of ether oxygens (including phenoxy) is 2. The Kier molecular flexibility index (Phi) is 4.44. The van der Waals surface area contributed by atoms with Gasteiger partial charge in [-0.2, -0.15) is 5.10 Å². The van der Waals surface area contributed by atoms with Crippen LogP contribution in [0, 0.1) is 0 Å². The summed E-state index contributed by atoms with van der Waals surface area (Å²) in [5.74, 6) is 0.783. The van der Waals surface area contributed by atoms with Crippen molar-refractivity contribution in [3.05, 3.63) is 36.0 Å². The van der Waals surface area contributed by atoms with Gasteiger partial charge in [0.05, 0.1) is 31.1 Å². The van der Waals surface area contributed by atoms with Crippen LogP contribution in [0.25, 0.3) is 11.3 Å². The molecule has 1 N–H and O–H groups in total. The zero-order chi connectivity index (χ0) is 17.2. The van der Waals surface area contributed by atoms with E-state index in [-0.39, 0.29) is 18.1 Å². The van der Waals surface area contributed by atoms with Gasteiger partial charge in [-0.25, -0.2) is 0 Å². The molecule has 0 bridgehead atoms. The monoisotopic (exact) mass is 341 g/mol. The second kappa shape index (κ2) is 6.88. The van der Waals surface area contributed by atoms with Gasteiger partial charge in [0.15, 0.2) is 0 Å². The molecule has 1 aliphatic carbocycles. The third kappa shape index (κ3) is 3.02. The van der Waals surface area contributed by atoms with Gasteiger partial charge in [0, 0.05) is 12.1 Å². The van der Waals surface area contributed by atoms with E-state index in [1.165, 1.54) is 0 Å². The van der Waals surface area contributed by atoms with Gasteiger partial charge in [0.25, 0.3) is 5.91 Å². The van der Waals surface area contributed by atoms with Crippen molar-refractivity contribution in [1.29, 1.82) is 0 Å². The van der Waals surface area contributed by atoms with Gasteiger partial charge < -0.3 is 14.4 Å². The van der Waals surface area contributed by atoms with E-state index >= 15 is 0 Å². The Labute approximate surface area is 147 Å². The summed E-state index contributed by atoms with van der Waals surface area (Å²) < 4.78 is 11.5. The standard InChI is InChI=1S/C19H23N3O3/c1-2-24-17-8-4-3-6-13(17)14-12-15(21-20-14)19(23)22-10-11-25-18-9-5-7-16(18)22/h3-4,6,8,12,16,18H,2,5,7,9-11H2,1H3,(H,20,21). The average Bonchev–Trinajstić information content (AvgIpc) is 3.31. The number of para-hydroxylation sites is 1. The first-order valence-electron chi connectivity index (χ1n) is 8.98. The Hall–Kier alpha value is -2.34. The normalized spacial score (nSPS) is 22.7. The highest BCUT2D eigenvalue weighted by molar-refractivity contribution is 5.94. The summed E-state index contributed by atoms with van der Waals surface area (Å²) in [7, 11) is 0. The van der Waals surface area contributed by atoms with Crippen molar-refractivity contribution in [2.45, 2.75) is 38.3 Å². The number of morpholine rings is 1. The molecule has 1 aromatic heterocycles. The second-order valence-corrected chi connectivity index (χ2v) is 6.50. The fourth-order valence-corrected chi connectivity index (χ4v) is 3.86. The molecule has 2 aliphatic rings. The van der Waals surface area contributed by atoms with Crippen LogP contribution in [0.2, 0.25) is 0 Å². The lowest BCUT2D eigenvalue weighted by Crippen LogP contribution is -2.51. The van der Waals surface area contributed by atoms with Crippen molar-refractivity contribution in [3.8, 4) is 17.0 Å². The minimum absolute atomic E-state index is 0.00726. The first-order chi connectivity index (χ1) is 12.3. The van der Waals surface area contributed by atoms with Crippen LogP contribution < -0.4 is 4.74 Å². The third-order valence-corrected chi connectivity index (χ3v) is 5.01. The van der Waals surface area contributed by atoms with Gasteiger partial charge in [-0.1, -0.05) is 12.1 Å². The molecule has 2 unspecified atom stereocenters. The van der Waals surface area contributed by atoms with Crippen molar-refractivity contribution < 1.29 is 14.3 Å². The molecule has 1 aliphatic heterocycles. The van der Waals surface area contributed by atoms with Gasteiger partial charge in [0.1, 0.15) is 11.4 Å². The summed E-state index contributed by atoms with van der Waals surface area (Å²) in [6.45, 7) is 3.79. The van der Waals surface area contributed by atoms with Gasteiger partial charge in [-0.3, -0.25) is 9.89 Å². The minimum Gasteiger partial charge on any atom is -0.493 e. The number of carbonyl (C=O) groups is 1. The number of nitrogens with zero attached hydrogens (tertiary/aromatic N) is 2. The van der Waals surface area contributed by atoms with Crippen LogP contribution in [0.1, 0.15) is 36.7 Å². The number of aromatic nitrogens is 2. The van der Waals surface area contributed by atoms with Gasteiger partial charge in [0.2, 0.25) is 0 Å². The van der Waals surface area contributed by atoms with Gasteiger partial charge in [-0.05, 0) is 44.4 Å². The Morgan fingerprint density at radius 3 is 3.16 bits per heavy atom. The summed E-state index contributed by atoms with van der Waals surface area (Å²) in [4.78, 5) is 14.9. The Bertz CT molecular complexity index is 758. The van der Waals surface area contributed by atoms with Crippen molar-refractivity contribution >= 4 is 5.91 Å². The fourth-order valence-electron chi connectivity index (χ4n) is 3.86. The van der Waals surface area contributed by atoms with Crippen molar-refractivity contribution in [1.82, 2.24) is 15.1 Å². The van der Waals surface area contributed by atoms with E-state index in [4.69, 9.17) is 9.47 Å². The molecule has 6 nitrogen and oxygen atoms in total. The van der Waals surface area contributed by atoms with Crippen LogP contribution in [0.3, 0.4) is 0 Å². The number of rotatable bonds is 4. The molecule has 4 rings (SSSR count). The highest BCUT2D eigenvalue weighted by Gasteiger charge is 2.39. The number of nitrogens with one attached hydrogen (secondary N) is 1. The molecule has 132 valence electrons. The van der Waals surface area contributed by atoms with Crippen LogP contribution >= 0.6 is 0 Å². The minimum atomic E-state index is 0.00726. The third-order valence-electron chi connectivity index (χ3n) is 5.01. The molecule has 1 saturated carbocycles. The first-order valence-corrected chi connectivity index (χ1v) is 8.98. The quantitative estimate of drug-likeness (QED) is 0.928. The lowest BCUT2D eigenvalue weighted by atomic mass is 10.1. The maximum atomic E-state index is 13.0. The predicted octanol–water partition coefficient (Wildman–Crippen LogP) is 2.87. The summed E-state index contributed by atoms with van der Waals surface area (Å²) in [6, 6.07) is 9.76. The highest BCUT2D eigenvalue weighted by Crippen LogP contribution is 2.32. The van der Waals surface area contributed by atoms with Crippen LogP contribution in [-0.2, 0) is 4.74 Å². The van der Waals surface area contributed by atoms with E-state index in [1.54, 1.807) is 0 Å². The molecule has 2 atom stereocenters. The van der Waals surface area contributed by atoms with Crippen molar-refractivity contribution in [3.63, 3.8) is 0 Å². The maximum Gasteiger partial charge on any atom is 0.272 e. The maximum absolute atomic E-state index is 13.0. The molecular weight excluding hydrogens is 318 g/mol. The molecule has 2 heterocycles. The molecule has 2 aromatic rings. The fraction of sp³-hybridized carbons (Fsp3) is 0.474. The van der Waals surface area contributed by atoms with E-state index in [9.17, 15) is 4.79 Å². The van der Waals surface area contributed by atoms with E-state index in [0.29, 0.717) is 25.5 Å². The molecule has 6 heteroatoms. The number of H-pyrrole nitrogens is 1. The Morgan fingerprint density at radius 2 is 2.28 bits per heavy atom. The summed E-state index contributed by atoms with van der Waals surface area (Å²) >= 11 is 0. The smallest absolute Gasteiger partial charge is 0.272 e. The topological polar surface area (TPSA) is 67.4 Å². The number of amides is 1. The Balaban J connectivity index is 1.58. The van der Waals surface area contributed by atoms with Gasteiger partial charge >= 0.3 is 0 Å². The second-order valence-electron chi connectivity index (χ2n) is 6.50. The van der Waals surface area contributed by atoms with Gasteiger partial charge in [-0.15, -0.1) is 0 Å². The largest absolute Gasteiger partial charge is 0.493 e. The highest BCUT2D eigenvalue weighted by atomic mass is 16.5. The van der Waals surface area contributed by atoms with Crippen LogP contribution in [0.15, 0.2) is 30.3 Å². The number of hydrogen-bond acceptors (Lipinski definition) is 4. The number of aromatic amines is 1. The lowest BCUT2D eigenvalue weighted by Gasteiger charge is -2.37. The zero-order valence-electron chi connectivity index (χ0n) is 14.4. The zero-order valence-corrected chi connectivity index (χ0v) is 14.4. The Morgan fingerprint density at radius 1 is 1.40 bits per heavy atom. The van der Waals surface area contributed by atoms with Crippen LogP contribution in [0.5, 0.6) is 5.75 Å². The van der Waals surface area contributed by atoms with E-state index in [0.717, 1.165) is 36.3 Å². The molecule has 0 radical (unpaired) electrons. The molecule has 1 aromatic carbocycles. The van der Waals surface area contributed by atoms with Crippen molar-refractivity contribution in [2.75, 3.05) is 19.8 Å². The first kappa shape index (κ1) is 16.1. The van der Waals surface area contributed by atoms with Crippen molar-refractivity contribution in [2.24, 2.45) is 0 Å². The number of benzene rings is 1. The summed E-state index contributed by atoms with van der Waals surface area (Å²) in [6.07, 6.45) is 3.38. The lowest BCUT2D eigenvalue weighted by molar-refractivity contribution is -0.0447. The summed E-state index contributed by atoms with van der Waals surface area (Å²) in [5, 5.41) is 7.26. The number of fused-ring (bicyclic) bond motifs is 1. The van der Waals surface area contributed by atoms with Crippen LogP contribution in [-0.4, -0.2) is 52.9 Å². The van der Waals surface area contributed by atoms with E-state index < -0.39 is 0 Å². The van der Waals surface area contributed by atoms with E-state index in [1.807, 2.05) is 42.2 Å². The number of hydrogen-bond donors (Lipinski definition) is 1. The number of carbonyl (C=O) groups excluding carboxylic acids is 1. The predicted molar refractivity (Wildman–Crippen MR) is 93.6 cm³/mol. The molecular formula is C19H23N3O3. The molecule has 1 amide bonds. The van der Waals surface area contributed by atoms with Crippen LogP contribution in [0.4, 0.5) is 0 Å².